The van der Waals surface area contributed by atoms with Gasteiger partial charge >= 0.3 is 5.97 Å². The molecule has 6 nitrogen and oxygen atoms in total. The van der Waals surface area contributed by atoms with Gasteiger partial charge in [0.1, 0.15) is 6.10 Å². The molecule has 0 radical (unpaired) electrons. The minimum atomic E-state index is -0.553. The quantitative estimate of drug-likeness (QED) is 0.570. The SMILES string of the molecule is CC(=O)OC1C(N2CCN(C)CC2)C[C@H]2[C@@H]3CC(N4CCCCC4)C4(O)CCCC[C@]4(C)[C@@H]3CC[C@]12C. The summed E-state index contributed by atoms with van der Waals surface area (Å²) in [6, 6.07) is 0.622. The van der Waals surface area contributed by atoms with Gasteiger partial charge in [0.05, 0.1) is 5.60 Å². The summed E-state index contributed by atoms with van der Waals surface area (Å²) in [5.41, 5.74) is -0.517. The Labute approximate surface area is 225 Å². The number of carbonyl (C=O) groups excluding carboxylic acids is 1. The number of piperidine rings is 1. The van der Waals surface area contributed by atoms with Crippen LogP contribution in [0.1, 0.15) is 91.4 Å². The number of piperazine rings is 1. The van der Waals surface area contributed by atoms with Gasteiger partial charge in [0, 0.05) is 56.0 Å². The van der Waals surface area contributed by atoms with Gasteiger partial charge in [0.15, 0.2) is 0 Å². The molecule has 0 bridgehead atoms. The van der Waals surface area contributed by atoms with E-state index in [1.54, 1.807) is 6.92 Å². The number of likely N-dealkylation sites (tertiary alicyclic amines) is 1. The molecule has 0 aromatic carbocycles. The maximum absolute atomic E-state index is 12.6. The molecule has 4 saturated carbocycles. The number of ether oxygens (including phenoxy) is 1. The van der Waals surface area contributed by atoms with Crippen LogP contribution in [-0.2, 0) is 9.53 Å². The van der Waals surface area contributed by atoms with Crippen molar-refractivity contribution in [2.24, 2.45) is 28.6 Å². The molecule has 210 valence electrons. The minimum absolute atomic E-state index is 0.000459. The number of hydrogen-bond acceptors (Lipinski definition) is 6. The van der Waals surface area contributed by atoms with Crippen molar-refractivity contribution in [1.29, 1.82) is 0 Å². The molecule has 0 aromatic heterocycles. The average Bonchev–Trinajstić information content (AvgIpc) is 3.17. The molecule has 1 N–H and O–H groups in total. The Balaban J connectivity index is 1.35. The van der Waals surface area contributed by atoms with Crippen LogP contribution in [0.15, 0.2) is 0 Å². The zero-order valence-electron chi connectivity index (χ0n) is 24.1. The van der Waals surface area contributed by atoms with Gasteiger partial charge in [-0.3, -0.25) is 14.6 Å². The zero-order valence-corrected chi connectivity index (χ0v) is 24.1. The number of nitrogens with zero attached hydrogens (tertiary/aromatic N) is 3. The molecule has 6 aliphatic rings. The first-order valence-electron chi connectivity index (χ1n) is 15.7. The van der Waals surface area contributed by atoms with E-state index >= 15 is 0 Å². The van der Waals surface area contributed by atoms with E-state index in [1.807, 2.05) is 0 Å². The van der Waals surface area contributed by atoms with Crippen molar-refractivity contribution < 1.29 is 14.6 Å². The number of hydrogen-bond donors (Lipinski definition) is 1. The number of esters is 1. The number of aliphatic hydroxyl groups is 1. The maximum atomic E-state index is 12.6. The molecule has 9 atom stereocenters. The second-order valence-corrected chi connectivity index (χ2v) is 14.5. The molecule has 0 amide bonds. The topological polar surface area (TPSA) is 56.2 Å². The van der Waals surface area contributed by atoms with Crippen molar-refractivity contribution in [2.45, 2.75) is 115 Å². The number of rotatable bonds is 3. The molecule has 0 aromatic rings. The molecule has 2 heterocycles. The van der Waals surface area contributed by atoms with Gasteiger partial charge in [0.25, 0.3) is 0 Å². The monoisotopic (exact) mass is 515 g/mol. The van der Waals surface area contributed by atoms with E-state index < -0.39 is 5.60 Å². The lowest BCUT2D eigenvalue weighted by molar-refractivity contribution is -0.241. The zero-order chi connectivity index (χ0) is 26.0. The molecule has 6 heteroatoms. The Morgan fingerprint density at radius 3 is 2.24 bits per heavy atom. The third-order valence-corrected chi connectivity index (χ3v) is 12.9. The highest BCUT2D eigenvalue weighted by molar-refractivity contribution is 5.66. The van der Waals surface area contributed by atoms with Crippen molar-refractivity contribution in [2.75, 3.05) is 46.3 Å². The number of carbonyl (C=O) groups is 1. The molecule has 6 fully saturated rings. The fourth-order valence-corrected chi connectivity index (χ4v) is 10.8. The highest BCUT2D eigenvalue weighted by Crippen LogP contribution is 2.68. The van der Waals surface area contributed by atoms with Crippen molar-refractivity contribution in [3.05, 3.63) is 0 Å². The third kappa shape index (κ3) is 4.14. The Bertz CT molecular complexity index is 855. The lowest BCUT2D eigenvalue weighted by atomic mass is 9.42. The fraction of sp³-hybridized carbons (Fsp3) is 0.968. The predicted molar refractivity (Wildman–Crippen MR) is 146 cm³/mol. The van der Waals surface area contributed by atoms with Gasteiger partial charge in [-0.25, -0.2) is 0 Å². The van der Waals surface area contributed by atoms with Crippen LogP contribution in [0.5, 0.6) is 0 Å². The number of fused-ring (bicyclic) bond motifs is 5. The molecule has 2 aliphatic heterocycles. The molecular weight excluding hydrogens is 462 g/mol. The van der Waals surface area contributed by atoms with E-state index in [0.717, 1.165) is 65.0 Å². The van der Waals surface area contributed by atoms with E-state index in [4.69, 9.17) is 4.74 Å². The first kappa shape index (κ1) is 26.5. The van der Waals surface area contributed by atoms with Crippen molar-refractivity contribution in [3.63, 3.8) is 0 Å². The summed E-state index contributed by atoms with van der Waals surface area (Å²) in [5.74, 6) is 1.65. The van der Waals surface area contributed by atoms with E-state index in [9.17, 15) is 9.90 Å². The Morgan fingerprint density at radius 1 is 0.838 bits per heavy atom. The van der Waals surface area contributed by atoms with Crippen LogP contribution < -0.4 is 0 Å². The Morgan fingerprint density at radius 2 is 1.54 bits per heavy atom. The van der Waals surface area contributed by atoms with Crippen LogP contribution in [0.25, 0.3) is 0 Å². The molecule has 37 heavy (non-hydrogen) atoms. The smallest absolute Gasteiger partial charge is 0.302 e. The fourth-order valence-electron chi connectivity index (χ4n) is 10.8. The van der Waals surface area contributed by atoms with Crippen LogP contribution in [0, 0.1) is 28.6 Å². The Kier molecular flexibility index (Phi) is 6.99. The van der Waals surface area contributed by atoms with E-state index in [1.165, 1.54) is 44.9 Å². The summed E-state index contributed by atoms with van der Waals surface area (Å²) in [7, 11) is 2.22. The van der Waals surface area contributed by atoms with Gasteiger partial charge in [0.2, 0.25) is 0 Å². The van der Waals surface area contributed by atoms with Crippen molar-refractivity contribution in [3.8, 4) is 0 Å². The van der Waals surface area contributed by atoms with Crippen LogP contribution in [0.4, 0.5) is 0 Å². The van der Waals surface area contributed by atoms with Crippen LogP contribution in [0.2, 0.25) is 0 Å². The summed E-state index contributed by atoms with van der Waals surface area (Å²) in [6.45, 7) is 13.2. The average molecular weight is 516 g/mol. The van der Waals surface area contributed by atoms with Crippen LogP contribution in [-0.4, -0.2) is 95.9 Å². The maximum Gasteiger partial charge on any atom is 0.302 e. The summed E-state index contributed by atoms with van der Waals surface area (Å²) >= 11 is 0. The van der Waals surface area contributed by atoms with Crippen molar-refractivity contribution in [1.82, 2.24) is 14.7 Å². The Hall–Kier alpha value is -0.690. The molecule has 4 aliphatic carbocycles. The van der Waals surface area contributed by atoms with Crippen molar-refractivity contribution >= 4 is 5.97 Å². The van der Waals surface area contributed by atoms with Gasteiger partial charge in [-0.05, 0) is 89.3 Å². The predicted octanol–water partition coefficient (Wildman–Crippen LogP) is 4.16. The second kappa shape index (κ2) is 9.74. The largest absolute Gasteiger partial charge is 0.460 e. The number of likely N-dealkylation sites (N-methyl/N-ethyl adjacent to an activating group) is 1. The van der Waals surface area contributed by atoms with Gasteiger partial charge < -0.3 is 14.7 Å². The molecule has 4 unspecified atom stereocenters. The van der Waals surface area contributed by atoms with Gasteiger partial charge in [-0.15, -0.1) is 0 Å². The first-order chi connectivity index (χ1) is 17.7. The third-order valence-electron chi connectivity index (χ3n) is 12.9. The lowest BCUT2D eigenvalue weighted by Crippen LogP contribution is -2.71. The van der Waals surface area contributed by atoms with E-state index in [-0.39, 0.29) is 28.9 Å². The highest BCUT2D eigenvalue weighted by atomic mass is 16.5. The van der Waals surface area contributed by atoms with Crippen LogP contribution in [0.3, 0.4) is 0 Å². The highest BCUT2D eigenvalue weighted by Gasteiger charge is 2.69. The standard InChI is InChI=1S/C31H53N3O3/c1-22(35)37-28-26(33-18-16-32(4)17-19-33)21-25-23-20-27(34-14-8-5-9-15-34)31(36)12-7-6-11-30(31,3)24(23)10-13-29(25,28)2/h23-28,36H,5-21H2,1-4H3/t23-,24-,25+,26?,27?,28?,29+,30-,31?/m1/s1. The molecule has 2 saturated heterocycles. The van der Waals surface area contributed by atoms with E-state index in [0.29, 0.717) is 23.8 Å². The van der Waals surface area contributed by atoms with Gasteiger partial charge in [-0.1, -0.05) is 33.1 Å². The molecule has 0 spiro atoms. The molecular formula is C31H53N3O3. The lowest BCUT2D eigenvalue weighted by Gasteiger charge is -2.67. The first-order valence-corrected chi connectivity index (χ1v) is 15.7. The summed E-state index contributed by atoms with van der Waals surface area (Å²) in [5, 5.41) is 12.6. The van der Waals surface area contributed by atoms with Gasteiger partial charge in [-0.2, -0.15) is 0 Å². The van der Waals surface area contributed by atoms with Crippen LogP contribution >= 0.6 is 0 Å². The molecule has 6 rings (SSSR count). The van der Waals surface area contributed by atoms with E-state index in [2.05, 4.69) is 35.6 Å². The normalized spacial score (nSPS) is 49.6. The summed E-state index contributed by atoms with van der Waals surface area (Å²) in [6.07, 6.45) is 13.1. The second-order valence-electron chi connectivity index (χ2n) is 14.5. The summed E-state index contributed by atoms with van der Waals surface area (Å²) in [4.78, 5) is 20.2. The summed E-state index contributed by atoms with van der Waals surface area (Å²) < 4.78 is 6.30. The minimum Gasteiger partial charge on any atom is -0.460 e.